The van der Waals surface area contributed by atoms with Crippen LogP contribution in [0.1, 0.15) is 52.8 Å². The maximum Gasteiger partial charge on any atom is 0.269 e. The maximum atomic E-state index is 13.4. The van der Waals surface area contributed by atoms with Crippen LogP contribution >= 0.6 is 11.3 Å². The Morgan fingerprint density at radius 1 is 1.20 bits per heavy atom. The molecule has 9 nitrogen and oxygen atoms in total. The van der Waals surface area contributed by atoms with Gasteiger partial charge in [-0.05, 0) is 68.2 Å². The van der Waals surface area contributed by atoms with Crippen molar-refractivity contribution in [3.05, 3.63) is 74.0 Å². The lowest BCUT2D eigenvalue weighted by Crippen LogP contribution is -2.26. The van der Waals surface area contributed by atoms with E-state index in [2.05, 4.69) is 40.1 Å². The lowest BCUT2D eigenvalue weighted by molar-refractivity contribution is -0.127. The van der Waals surface area contributed by atoms with Gasteiger partial charge >= 0.3 is 0 Å². The number of likely N-dealkylation sites (tertiary alicyclic amines) is 1. The summed E-state index contributed by atoms with van der Waals surface area (Å²) in [6.45, 7) is 5.81. The molecule has 1 aromatic carbocycles. The molecular weight excluding hydrogens is 524 g/mol. The molecule has 4 heterocycles. The molecule has 2 aliphatic rings. The highest BCUT2D eigenvalue weighted by molar-refractivity contribution is 7.15. The van der Waals surface area contributed by atoms with E-state index in [4.69, 9.17) is 4.98 Å². The molecule has 1 atom stereocenters. The molecule has 10 heteroatoms. The van der Waals surface area contributed by atoms with E-state index in [0.717, 1.165) is 35.4 Å². The van der Waals surface area contributed by atoms with E-state index < -0.39 is 0 Å². The number of nitrogens with one attached hydrogen (secondary N) is 2. The smallest absolute Gasteiger partial charge is 0.269 e. The minimum Gasteiger partial charge on any atom is -0.343 e. The van der Waals surface area contributed by atoms with Crippen molar-refractivity contribution in [2.75, 3.05) is 18.4 Å². The van der Waals surface area contributed by atoms with E-state index in [1.165, 1.54) is 11.3 Å². The number of carbonyl (C=O) groups is 2. The van der Waals surface area contributed by atoms with Crippen molar-refractivity contribution in [1.29, 1.82) is 0 Å². The van der Waals surface area contributed by atoms with Crippen LogP contribution in [-0.2, 0) is 11.3 Å². The second-order valence-corrected chi connectivity index (χ2v) is 11.3. The molecule has 1 aliphatic carbocycles. The van der Waals surface area contributed by atoms with Gasteiger partial charge in [-0.3, -0.25) is 19.7 Å². The lowest BCUT2D eigenvalue weighted by atomic mass is 9.98. The SMILES string of the molecule is CCC1C=C=CC(c2ccc(C(=O)Nc3nc4cc5[nH]c(=O)c(C)nc5cc4n3CCCN3CCCC3=O)s2)=C1. The van der Waals surface area contributed by atoms with Crippen molar-refractivity contribution in [2.45, 2.75) is 46.1 Å². The molecule has 40 heavy (non-hydrogen) atoms. The van der Waals surface area contributed by atoms with Crippen LogP contribution in [0.4, 0.5) is 5.95 Å². The zero-order valence-corrected chi connectivity index (χ0v) is 23.3. The molecule has 4 aromatic rings. The van der Waals surface area contributed by atoms with Gasteiger partial charge in [0.05, 0.1) is 26.9 Å². The van der Waals surface area contributed by atoms with E-state index in [1.54, 1.807) is 13.0 Å². The summed E-state index contributed by atoms with van der Waals surface area (Å²) >= 11 is 1.44. The summed E-state index contributed by atoms with van der Waals surface area (Å²) in [5, 5.41) is 3.02. The highest BCUT2D eigenvalue weighted by Crippen LogP contribution is 2.30. The number of imidazole rings is 1. The van der Waals surface area contributed by atoms with Gasteiger partial charge in [-0.25, -0.2) is 9.97 Å². The van der Waals surface area contributed by atoms with E-state index in [0.29, 0.717) is 64.9 Å². The highest BCUT2D eigenvalue weighted by Gasteiger charge is 2.21. The number of aromatic amines is 1. The maximum absolute atomic E-state index is 13.4. The molecular formula is C30H30N6O3S. The highest BCUT2D eigenvalue weighted by atomic mass is 32.1. The number of rotatable bonds is 8. The number of thiophene rings is 1. The molecule has 1 aliphatic heterocycles. The number of amides is 2. The van der Waals surface area contributed by atoms with Gasteiger partial charge in [0.2, 0.25) is 11.9 Å². The summed E-state index contributed by atoms with van der Waals surface area (Å²) in [7, 11) is 0. The first-order valence-corrected chi connectivity index (χ1v) is 14.5. The number of H-pyrrole nitrogens is 1. The number of hydrogen-bond donors (Lipinski definition) is 2. The zero-order valence-electron chi connectivity index (χ0n) is 22.5. The summed E-state index contributed by atoms with van der Waals surface area (Å²) in [6.07, 6.45) is 9.44. The van der Waals surface area contributed by atoms with Gasteiger partial charge < -0.3 is 14.5 Å². The minimum absolute atomic E-state index is 0.191. The molecule has 0 radical (unpaired) electrons. The second-order valence-electron chi connectivity index (χ2n) is 10.2. The summed E-state index contributed by atoms with van der Waals surface area (Å²) in [4.78, 5) is 53.2. The van der Waals surface area contributed by atoms with E-state index in [9.17, 15) is 14.4 Å². The quantitative estimate of drug-likeness (QED) is 0.296. The number of allylic oxidation sites excluding steroid dienone is 3. The third kappa shape index (κ3) is 5.03. The van der Waals surface area contributed by atoms with E-state index >= 15 is 0 Å². The molecule has 1 fully saturated rings. The number of hydrogen-bond acceptors (Lipinski definition) is 6. The fraction of sp³-hybridized carbons (Fsp3) is 0.333. The molecule has 2 N–H and O–H groups in total. The Bertz CT molecular complexity index is 1800. The van der Waals surface area contributed by atoms with Crippen molar-refractivity contribution in [1.82, 2.24) is 24.4 Å². The Kier molecular flexibility index (Phi) is 6.96. The van der Waals surface area contributed by atoms with Gasteiger partial charge in [0, 0.05) is 36.9 Å². The van der Waals surface area contributed by atoms with Crippen molar-refractivity contribution in [2.24, 2.45) is 5.92 Å². The molecule has 0 saturated carbocycles. The second kappa shape index (κ2) is 10.7. The van der Waals surface area contributed by atoms with Gasteiger partial charge in [-0.15, -0.1) is 17.1 Å². The number of aryl methyl sites for hydroxylation is 2. The predicted molar refractivity (Wildman–Crippen MR) is 158 cm³/mol. The number of anilines is 1. The predicted octanol–water partition coefficient (Wildman–Crippen LogP) is 5.04. The van der Waals surface area contributed by atoms with Crippen LogP contribution in [0.15, 0.2) is 53.0 Å². The summed E-state index contributed by atoms with van der Waals surface area (Å²) in [5.41, 5.74) is 7.12. The fourth-order valence-electron chi connectivity index (χ4n) is 5.23. The van der Waals surface area contributed by atoms with E-state index in [-0.39, 0.29) is 17.4 Å². The fourth-order valence-corrected chi connectivity index (χ4v) is 6.13. The molecule has 1 unspecified atom stereocenters. The molecule has 204 valence electrons. The Balaban J connectivity index is 1.31. The van der Waals surface area contributed by atoms with Crippen LogP contribution in [-0.4, -0.2) is 49.3 Å². The van der Waals surface area contributed by atoms with Gasteiger partial charge in [0.1, 0.15) is 5.69 Å². The van der Waals surface area contributed by atoms with Crippen molar-refractivity contribution < 1.29 is 9.59 Å². The van der Waals surface area contributed by atoms with Gasteiger partial charge in [0.25, 0.3) is 11.5 Å². The molecule has 6 rings (SSSR count). The molecule has 2 amide bonds. The first-order chi connectivity index (χ1) is 19.4. The van der Waals surface area contributed by atoms with Gasteiger partial charge in [-0.1, -0.05) is 13.0 Å². The summed E-state index contributed by atoms with van der Waals surface area (Å²) in [6, 6.07) is 7.48. The number of fused-ring (bicyclic) bond motifs is 2. The Morgan fingerprint density at radius 2 is 2.08 bits per heavy atom. The van der Waals surface area contributed by atoms with Crippen LogP contribution < -0.4 is 10.9 Å². The first kappa shape index (κ1) is 26.0. The Labute approximate surface area is 234 Å². The molecule has 1 saturated heterocycles. The van der Waals surface area contributed by atoms with Crippen LogP contribution in [0, 0.1) is 12.8 Å². The van der Waals surface area contributed by atoms with Crippen molar-refractivity contribution in [3.8, 4) is 0 Å². The number of aromatic nitrogens is 4. The van der Waals surface area contributed by atoms with E-state index in [1.807, 2.05) is 33.7 Å². The molecule has 3 aromatic heterocycles. The van der Waals surface area contributed by atoms with Gasteiger partial charge in [0.15, 0.2) is 0 Å². The normalized spacial score (nSPS) is 16.9. The monoisotopic (exact) mass is 554 g/mol. The summed E-state index contributed by atoms with van der Waals surface area (Å²) < 4.78 is 1.97. The topological polar surface area (TPSA) is 113 Å². The Hall–Kier alpha value is -4.27. The number of benzene rings is 1. The van der Waals surface area contributed by atoms with Crippen molar-refractivity contribution in [3.63, 3.8) is 0 Å². The number of nitrogens with zero attached hydrogens (tertiary/aromatic N) is 4. The van der Waals surface area contributed by atoms with Crippen LogP contribution in [0.3, 0.4) is 0 Å². The zero-order chi connectivity index (χ0) is 27.8. The Morgan fingerprint density at radius 3 is 2.88 bits per heavy atom. The van der Waals surface area contributed by atoms with Crippen LogP contribution in [0.2, 0.25) is 0 Å². The number of carbonyl (C=O) groups excluding carboxylic acids is 2. The molecule has 0 bridgehead atoms. The minimum atomic E-state index is -0.243. The lowest BCUT2D eigenvalue weighted by Gasteiger charge is -2.16. The van der Waals surface area contributed by atoms with Gasteiger partial charge in [-0.2, -0.15) is 0 Å². The van der Waals surface area contributed by atoms with Crippen molar-refractivity contribution >= 4 is 56.7 Å². The average Bonchev–Trinajstić information content (AvgIpc) is 3.68. The third-order valence-corrected chi connectivity index (χ3v) is 8.60. The average molecular weight is 555 g/mol. The largest absolute Gasteiger partial charge is 0.343 e. The first-order valence-electron chi connectivity index (χ1n) is 13.6. The summed E-state index contributed by atoms with van der Waals surface area (Å²) in [5.74, 6) is 0.718. The van der Waals surface area contributed by atoms with Crippen LogP contribution in [0.5, 0.6) is 0 Å². The third-order valence-electron chi connectivity index (χ3n) is 7.47. The molecule has 0 spiro atoms. The standard InChI is InChI=1S/C30H30N6O3S/c1-3-19-7-4-8-20(15-19)25-10-11-26(40-25)29(39)34-30-33-23-16-21-22(31-18(2)28(38)32-21)17-24(23)36(30)14-6-13-35-12-5-9-27(35)37/h7-8,10-11,15-17,19H,3,5-6,9,12-14H2,1-2H3,(H,32,38)(H,33,34,39). The van der Waals surface area contributed by atoms with Crippen LogP contribution in [0.25, 0.3) is 27.6 Å².